The van der Waals surface area contributed by atoms with E-state index in [0.29, 0.717) is 12.2 Å². The molecule has 136 valence electrons. The minimum atomic E-state index is -0.567. The highest BCUT2D eigenvalue weighted by Gasteiger charge is 2.16. The number of amides is 1. The van der Waals surface area contributed by atoms with Crippen LogP contribution in [-0.2, 0) is 32.0 Å². The molecule has 0 unspecified atom stereocenters. The molecule has 8 heteroatoms. The maximum atomic E-state index is 12.6. The van der Waals surface area contributed by atoms with Crippen molar-refractivity contribution in [2.24, 2.45) is 14.1 Å². The maximum absolute atomic E-state index is 12.6. The molecule has 2 heterocycles. The smallest absolute Gasteiger partial charge is 0.332 e. The number of nitrogens with one attached hydrogen (secondary N) is 1. The number of benzene rings is 1. The van der Waals surface area contributed by atoms with Crippen LogP contribution in [0, 0.1) is 13.8 Å². The molecule has 0 atom stereocenters. The summed E-state index contributed by atoms with van der Waals surface area (Å²) in [5.41, 5.74) is 2.72. The molecule has 0 aliphatic carbocycles. The van der Waals surface area contributed by atoms with Gasteiger partial charge in [0.05, 0.1) is 6.33 Å². The van der Waals surface area contributed by atoms with Gasteiger partial charge in [-0.1, -0.05) is 23.8 Å². The number of carbonyl (C=O) groups is 1. The molecule has 3 rings (SSSR count). The second kappa shape index (κ2) is 6.62. The van der Waals surface area contributed by atoms with Crippen molar-refractivity contribution in [1.82, 2.24) is 24.0 Å². The number of nitrogens with zero attached hydrogens (tertiary/aromatic N) is 4. The molecule has 8 nitrogen and oxygen atoms in total. The van der Waals surface area contributed by atoms with Crippen LogP contribution in [0.2, 0.25) is 0 Å². The van der Waals surface area contributed by atoms with Gasteiger partial charge in [0.25, 0.3) is 5.56 Å². The van der Waals surface area contributed by atoms with Gasteiger partial charge < -0.3 is 9.88 Å². The van der Waals surface area contributed by atoms with Crippen molar-refractivity contribution in [3.63, 3.8) is 0 Å². The summed E-state index contributed by atoms with van der Waals surface area (Å²) in [6.07, 6.45) is 1.47. The Morgan fingerprint density at radius 1 is 1.19 bits per heavy atom. The zero-order valence-corrected chi connectivity index (χ0v) is 15.2. The minimum Gasteiger partial charge on any atom is -0.350 e. The lowest BCUT2D eigenvalue weighted by molar-refractivity contribution is -0.121. The molecule has 1 amide bonds. The van der Waals surface area contributed by atoms with Crippen LogP contribution in [0.3, 0.4) is 0 Å². The van der Waals surface area contributed by atoms with Crippen molar-refractivity contribution in [2.75, 3.05) is 0 Å². The van der Waals surface area contributed by atoms with E-state index in [1.807, 2.05) is 32.0 Å². The summed E-state index contributed by atoms with van der Waals surface area (Å²) in [6, 6.07) is 5.97. The average molecular weight is 355 g/mol. The van der Waals surface area contributed by atoms with Crippen molar-refractivity contribution in [3.8, 4) is 0 Å². The van der Waals surface area contributed by atoms with E-state index in [4.69, 9.17) is 0 Å². The summed E-state index contributed by atoms with van der Waals surface area (Å²) >= 11 is 0. The Labute approximate surface area is 149 Å². The van der Waals surface area contributed by atoms with E-state index in [1.165, 1.54) is 17.9 Å². The lowest BCUT2D eigenvalue weighted by Gasteiger charge is -2.11. The Morgan fingerprint density at radius 3 is 2.62 bits per heavy atom. The number of imidazole rings is 1. The molecule has 0 fully saturated rings. The SMILES string of the molecule is Cc1ccc(CNC(=O)Cn2c(=O)c3c(ncn3C)n(C)c2=O)c(C)c1. The van der Waals surface area contributed by atoms with E-state index in [9.17, 15) is 14.4 Å². The van der Waals surface area contributed by atoms with Gasteiger partial charge in [-0.25, -0.2) is 14.3 Å². The number of aryl methyl sites for hydroxylation is 4. The second-order valence-electron chi connectivity index (χ2n) is 6.47. The van der Waals surface area contributed by atoms with Gasteiger partial charge in [0, 0.05) is 20.6 Å². The van der Waals surface area contributed by atoms with E-state index >= 15 is 0 Å². The van der Waals surface area contributed by atoms with Gasteiger partial charge in [0.15, 0.2) is 11.2 Å². The molecule has 0 bridgehead atoms. The first-order valence-electron chi connectivity index (χ1n) is 8.23. The third-order valence-corrected chi connectivity index (χ3v) is 4.48. The van der Waals surface area contributed by atoms with Gasteiger partial charge in [-0.15, -0.1) is 0 Å². The lowest BCUT2D eigenvalue weighted by Crippen LogP contribution is -2.43. The largest absolute Gasteiger partial charge is 0.350 e. The van der Waals surface area contributed by atoms with Crippen LogP contribution < -0.4 is 16.6 Å². The lowest BCUT2D eigenvalue weighted by atomic mass is 10.1. The topological polar surface area (TPSA) is 90.9 Å². The van der Waals surface area contributed by atoms with Crippen LogP contribution in [0.1, 0.15) is 16.7 Å². The normalized spacial score (nSPS) is 11.1. The second-order valence-corrected chi connectivity index (χ2v) is 6.47. The zero-order chi connectivity index (χ0) is 19.0. The fraction of sp³-hybridized carbons (Fsp3) is 0.333. The molecular formula is C18H21N5O3. The number of hydrogen-bond donors (Lipinski definition) is 1. The van der Waals surface area contributed by atoms with Gasteiger partial charge in [-0.05, 0) is 25.0 Å². The van der Waals surface area contributed by atoms with Crippen molar-refractivity contribution in [1.29, 1.82) is 0 Å². The fourth-order valence-electron chi connectivity index (χ4n) is 2.97. The van der Waals surface area contributed by atoms with Gasteiger partial charge in [-0.3, -0.25) is 14.2 Å². The highest BCUT2D eigenvalue weighted by atomic mass is 16.2. The van der Waals surface area contributed by atoms with E-state index in [-0.39, 0.29) is 12.1 Å². The van der Waals surface area contributed by atoms with Crippen LogP contribution in [0.15, 0.2) is 34.1 Å². The van der Waals surface area contributed by atoms with Crippen LogP contribution >= 0.6 is 0 Å². The highest BCUT2D eigenvalue weighted by molar-refractivity contribution is 5.76. The van der Waals surface area contributed by atoms with Crippen LogP contribution in [0.25, 0.3) is 11.2 Å². The number of aromatic nitrogens is 4. The first-order valence-corrected chi connectivity index (χ1v) is 8.23. The molecule has 0 saturated carbocycles. The molecule has 2 aromatic heterocycles. The first kappa shape index (κ1) is 17.7. The van der Waals surface area contributed by atoms with Crippen LogP contribution in [0.4, 0.5) is 0 Å². The number of fused-ring (bicyclic) bond motifs is 1. The van der Waals surface area contributed by atoms with Crippen molar-refractivity contribution in [2.45, 2.75) is 26.9 Å². The molecule has 0 radical (unpaired) electrons. The molecule has 0 aliphatic rings. The molecule has 1 aromatic carbocycles. The van der Waals surface area contributed by atoms with Gasteiger partial charge >= 0.3 is 5.69 Å². The predicted molar refractivity (Wildman–Crippen MR) is 98.0 cm³/mol. The first-order chi connectivity index (χ1) is 12.3. The Morgan fingerprint density at radius 2 is 1.92 bits per heavy atom. The Kier molecular flexibility index (Phi) is 4.50. The number of carbonyl (C=O) groups excluding carboxylic acids is 1. The quantitative estimate of drug-likeness (QED) is 0.732. The van der Waals surface area contributed by atoms with E-state index < -0.39 is 17.2 Å². The monoisotopic (exact) mass is 355 g/mol. The minimum absolute atomic E-state index is 0.286. The Bertz CT molecular complexity index is 1120. The maximum Gasteiger partial charge on any atom is 0.332 e. The van der Waals surface area contributed by atoms with Crippen molar-refractivity contribution >= 4 is 17.1 Å². The number of hydrogen-bond acceptors (Lipinski definition) is 4. The predicted octanol–water partition coefficient (Wildman–Crippen LogP) is 0.367. The molecule has 0 aliphatic heterocycles. The average Bonchev–Trinajstić information content (AvgIpc) is 2.98. The Balaban J connectivity index is 1.84. The zero-order valence-electron chi connectivity index (χ0n) is 15.2. The molecule has 3 aromatic rings. The summed E-state index contributed by atoms with van der Waals surface area (Å²) in [5.74, 6) is -0.398. The third-order valence-electron chi connectivity index (χ3n) is 4.48. The Hall–Kier alpha value is -3.16. The summed E-state index contributed by atoms with van der Waals surface area (Å²) in [7, 11) is 3.20. The molecule has 26 heavy (non-hydrogen) atoms. The highest BCUT2D eigenvalue weighted by Crippen LogP contribution is 2.10. The summed E-state index contributed by atoms with van der Waals surface area (Å²) in [4.78, 5) is 41.4. The van der Waals surface area contributed by atoms with E-state index in [2.05, 4.69) is 10.3 Å². The van der Waals surface area contributed by atoms with Crippen LogP contribution in [-0.4, -0.2) is 24.6 Å². The number of rotatable bonds is 4. The van der Waals surface area contributed by atoms with Crippen molar-refractivity contribution in [3.05, 3.63) is 62.1 Å². The van der Waals surface area contributed by atoms with Crippen molar-refractivity contribution < 1.29 is 4.79 Å². The van der Waals surface area contributed by atoms with Crippen LogP contribution in [0.5, 0.6) is 0 Å². The molecule has 0 spiro atoms. The third kappa shape index (κ3) is 3.05. The summed E-state index contributed by atoms with van der Waals surface area (Å²) in [6.45, 7) is 3.99. The van der Waals surface area contributed by atoms with Gasteiger partial charge in [-0.2, -0.15) is 0 Å². The molecule has 0 saturated heterocycles. The fourth-order valence-corrected chi connectivity index (χ4v) is 2.97. The molecular weight excluding hydrogens is 334 g/mol. The van der Waals surface area contributed by atoms with Gasteiger partial charge in [0.1, 0.15) is 6.54 Å². The summed E-state index contributed by atoms with van der Waals surface area (Å²) in [5, 5.41) is 2.77. The van der Waals surface area contributed by atoms with E-state index in [0.717, 1.165) is 21.3 Å². The van der Waals surface area contributed by atoms with Gasteiger partial charge in [0.2, 0.25) is 5.91 Å². The molecule has 1 N–H and O–H groups in total. The summed E-state index contributed by atoms with van der Waals surface area (Å²) < 4.78 is 3.75. The standard InChI is InChI=1S/C18H21N5O3/c1-11-5-6-13(12(2)7-11)8-19-14(24)9-23-17(25)15-16(20-10-21(15)3)22(4)18(23)26/h5-7,10H,8-9H2,1-4H3,(H,19,24). The van der Waals surface area contributed by atoms with E-state index in [1.54, 1.807) is 11.6 Å².